The van der Waals surface area contributed by atoms with Crippen LogP contribution >= 0.6 is 0 Å². The molecule has 0 saturated carbocycles. The SMILES string of the molecule is COC(=O)c1ccc(NC(=O)c2ccccc2[N+](=O)[O-])o1. The fraction of sp³-hybridized carbons (Fsp3) is 0.0769. The van der Waals surface area contributed by atoms with Crippen molar-refractivity contribution in [1.82, 2.24) is 0 Å². The second-order valence-corrected chi connectivity index (χ2v) is 3.88. The Bertz CT molecular complexity index is 706. The molecule has 0 aliphatic heterocycles. The summed E-state index contributed by atoms with van der Waals surface area (Å²) >= 11 is 0. The zero-order valence-electron chi connectivity index (χ0n) is 10.9. The van der Waals surface area contributed by atoms with E-state index in [1.807, 2.05) is 0 Å². The van der Waals surface area contributed by atoms with E-state index in [1.165, 1.54) is 43.5 Å². The number of nitro benzene ring substituents is 1. The lowest BCUT2D eigenvalue weighted by Gasteiger charge is -2.02. The summed E-state index contributed by atoms with van der Waals surface area (Å²) in [6.07, 6.45) is 0. The minimum Gasteiger partial charge on any atom is -0.463 e. The number of para-hydroxylation sites is 1. The Hall–Kier alpha value is -3.16. The molecule has 0 spiro atoms. The fourth-order valence-electron chi connectivity index (χ4n) is 1.62. The maximum absolute atomic E-state index is 12.0. The van der Waals surface area contributed by atoms with Crippen molar-refractivity contribution >= 4 is 23.4 Å². The molecule has 8 nitrogen and oxygen atoms in total. The molecule has 0 bridgehead atoms. The number of carbonyl (C=O) groups is 2. The highest BCUT2D eigenvalue weighted by molar-refractivity contribution is 6.06. The van der Waals surface area contributed by atoms with Crippen molar-refractivity contribution in [3.63, 3.8) is 0 Å². The Balaban J connectivity index is 2.21. The van der Waals surface area contributed by atoms with Gasteiger partial charge in [0.05, 0.1) is 12.0 Å². The second kappa shape index (κ2) is 5.87. The van der Waals surface area contributed by atoms with Gasteiger partial charge in [-0.25, -0.2) is 4.79 Å². The van der Waals surface area contributed by atoms with Crippen LogP contribution in [0.1, 0.15) is 20.9 Å². The van der Waals surface area contributed by atoms with Crippen LogP contribution < -0.4 is 5.32 Å². The molecule has 2 rings (SSSR count). The van der Waals surface area contributed by atoms with E-state index in [-0.39, 0.29) is 22.9 Å². The third-order valence-corrected chi connectivity index (χ3v) is 2.57. The number of esters is 1. The quantitative estimate of drug-likeness (QED) is 0.525. The van der Waals surface area contributed by atoms with E-state index in [4.69, 9.17) is 4.42 Å². The van der Waals surface area contributed by atoms with Gasteiger partial charge in [0.25, 0.3) is 11.6 Å². The van der Waals surface area contributed by atoms with Crippen LogP contribution in [0, 0.1) is 10.1 Å². The van der Waals surface area contributed by atoms with Crippen LogP contribution in [-0.4, -0.2) is 23.9 Å². The van der Waals surface area contributed by atoms with E-state index in [9.17, 15) is 19.7 Å². The zero-order valence-corrected chi connectivity index (χ0v) is 10.9. The number of rotatable bonds is 4. The van der Waals surface area contributed by atoms with Gasteiger partial charge in [0.15, 0.2) is 0 Å². The van der Waals surface area contributed by atoms with Crippen LogP contribution in [0.3, 0.4) is 0 Å². The molecule has 8 heteroatoms. The van der Waals surface area contributed by atoms with Gasteiger partial charge in [-0.05, 0) is 12.1 Å². The molecule has 0 unspecified atom stereocenters. The van der Waals surface area contributed by atoms with Crippen molar-refractivity contribution in [3.05, 3.63) is 57.8 Å². The van der Waals surface area contributed by atoms with Crippen LogP contribution in [0.15, 0.2) is 40.8 Å². The molecular weight excluding hydrogens is 280 g/mol. The fourth-order valence-corrected chi connectivity index (χ4v) is 1.62. The number of hydrogen-bond acceptors (Lipinski definition) is 6. The molecule has 0 radical (unpaired) electrons. The lowest BCUT2D eigenvalue weighted by atomic mass is 10.1. The molecule has 1 aromatic heterocycles. The highest BCUT2D eigenvalue weighted by Gasteiger charge is 2.20. The van der Waals surface area contributed by atoms with Gasteiger partial charge in [-0.3, -0.25) is 20.2 Å². The number of amides is 1. The topological polar surface area (TPSA) is 112 Å². The lowest BCUT2D eigenvalue weighted by Crippen LogP contribution is -2.13. The van der Waals surface area contributed by atoms with E-state index in [2.05, 4.69) is 10.1 Å². The summed E-state index contributed by atoms with van der Waals surface area (Å²) in [6.45, 7) is 0. The highest BCUT2D eigenvalue weighted by Crippen LogP contribution is 2.20. The summed E-state index contributed by atoms with van der Waals surface area (Å²) in [7, 11) is 1.19. The Morgan fingerprint density at radius 3 is 2.62 bits per heavy atom. The Labute approximate surface area is 118 Å². The number of nitro groups is 1. The van der Waals surface area contributed by atoms with Gasteiger partial charge >= 0.3 is 5.97 Å². The van der Waals surface area contributed by atoms with Crippen molar-refractivity contribution in [2.45, 2.75) is 0 Å². The smallest absolute Gasteiger partial charge is 0.374 e. The van der Waals surface area contributed by atoms with Gasteiger partial charge in [0.1, 0.15) is 5.56 Å². The Morgan fingerprint density at radius 1 is 1.24 bits per heavy atom. The Kier molecular flexibility index (Phi) is 3.98. The minimum absolute atomic E-state index is 0.0152. The number of benzene rings is 1. The summed E-state index contributed by atoms with van der Waals surface area (Å²) in [4.78, 5) is 33.4. The standard InChI is InChI=1S/C13H10N2O6/c1-20-13(17)10-6-7-11(21-10)14-12(16)8-4-2-3-5-9(8)15(18)19/h2-7H,1H3,(H,14,16). The molecule has 1 N–H and O–H groups in total. The molecule has 2 aromatic rings. The molecule has 0 aliphatic carbocycles. The molecule has 0 aliphatic rings. The summed E-state index contributed by atoms with van der Waals surface area (Å²) in [5.41, 5.74) is -0.437. The second-order valence-electron chi connectivity index (χ2n) is 3.88. The number of nitrogens with one attached hydrogen (secondary N) is 1. The monoisotopic (exact) mass is 290 g/mol. The first-order valence-electron chi connectivity index (χ1n) is 5.76. The number of furan rings is 1. The molecule has 1 aromatic carbocycles. The Morgan fingerprint density at radius 2 is 1.95 bits per heavy atom. The molecule has 0 atom stereocenters. The maximum Gasteiger partial charge on any atom is 0.374 e. The van der Waals surface area contributed by atoms with Crippen molar-refractivity contribution in [1.29, 1.82) is 0 Å². The first-order chi connectivity index (χ1) is 10.0. The molecule has 0 saturated heterocycles. The van der Waals surface area contributed by atoms with Crippen LogP contribution in [0.5, 0.6) is 0 Å². The van der Waals surface area contributed by atoms with Crippen molar-refractivity contribution < 1.29 is 23.7 Å². The predicted octanol–water partition coefficient (Wildman–Crippen LogP) is 2.23. The lowest BCUT2D eigenvalue weighted by molar-refractivity contribution is -0.385. The first kappa shape index (κ1) is 14.3. The number of ether oxygens (including phenoxy) is 1. The van der Waals surface area contributed by atoms with Gasteiger partial charge in [0.2, 0.25) is 11.6 Å². The van der Waals surface area contributed by atoms with Crippen LogP contribution in [-0.2, 0) is 4.74 Å². The van der Waals surface area contributed by atoms with E-state index < -0.39 is 16.8 Å². The number of hydrogen-bond donors (Lipinski definition) is 1. The van der Waals surface area contributed by atoms with E-state index in [0.717, 1.165) is 0 Å². The first-order valence-corrected chi connectivity index (χ1v) is 5.76. The normalized spacial score (nSPS) is 9.95. The zero-order chi connectivity index (χ0) is 15.4. The van der Waals surface area contributed by atoms with Crippen molar-refractivity contribution in [2.24, 2.45) is 0 Å². The number of carbonyl (C=O) groups excluding carboxylic acids is 2. The summed E-state index contributed by atoms with van der Waals surface area (Å²) in [5.74, 6) is -1.51. The average Bonchev–Trinajstić information content (AvgIpc) is 2.94. The minimum atomic E-state index is -0.715. The van der Waals surface area contributed by atoms with E-state index >= 15 is 0 Å². The van der Waals surface area contributed by atoms with Gasteiger partial charge in [0, 0.05) is 12.1 Å². The molecule has 108 valence electrons. The highest BCUT2D eigenvalue weighted by atomic mass is 16.6. The summed E-state index contributed by atoms with van der Waals surface area (Å²) in [5, 5.41) is 13.2. The van der Waals surface area contributed by atoms with Gasteiger partial charge in [-0.1, -0.05) is 12.1 Å². The van der Waals surface area contributed by atoms with E-state index in [1.54, 1.807) is 0 Å². The third-order valence-electron chi connectivity index (χ3n) is 2.57. The molecule has 1 amide bonds. The van der Waals surface area contributed by atoms with Crippen molar-refractivity contribution in [3.8, 4) is 0 Å². The number of anilines is 1. The molecular formula is C13H10N2O6. The summed E-state index contributed by atoms with van der Waals surface area (Å²) < 4.78 is 9.51. The van der Waals surface area contributed by atoms with E-state index in [0.29, 0.717) is 0 Å². The molecule has 21 heavy (non-hydrogen) atoms. The van der Waals surface area contributed by atoms with Gasteiger partial charge in [-0.2, -0.15) is 0 Å². The van der Waals surface area contributed by atoms with Crippen molar-refractivity contribution in [2.75, 3.05) is 12.4 Å². The predicted molar refractivity (Wildman–Crippen MR) is 71.1 cm³/mol. The number of methoxy groups -OCH3 is 1. The maximum atomic E-state index is 12.0. The van der Waals surface area contributed by atoms with Crippen LogP contribution in [0.2, 0.25) is 0 Å². The average molecular weight is 290 g/mol. The van der Waals surface area contributed by atoms with Gasteiger partial charge in [-0.15, -0.1) is 0 Å². The molecule has 0 fully saturated rings. The largest absolute Gasteiger partial charge is 0.463 e. The number of nitrogens with zero attached hydrogens (tertiary/aromatic N) is 1. The van der Waals surface area contributed by atoms with Gasteiger partial charge < -0.3 is 9.15 Å². The van der Waals surface area contributed by atoms with Crippen LogP contribution in [0.4, 0.5) is 11.6 Å². The van der Waals surface area contributed by atoms with Crippen LogP contribution in [0.25, 0.3) is 0 Å². The summed E-state index contributed by atoms with van der Waals surface area (Å²) in [6, 6.07) is 8.16. The molecule has 1 heterocycles. The third kappa shape index (κ3) is 3.06.